The average Bonchev–Trinajstić information content (AvgIpc) is 2.84. The molecule has 0 radical (unpaired) electrons. The minimum atomic E-state index is -4.05. The molecule has 1 aromatic carbocycles. The van der Waals surface area contributed by atoms with E-state index in [2.05, 4.69) is 14.8 Å². The maximum absolute atomic E-state index is 12.3. The van der Waals surface area contributed by atoms with Gasteiger partial charge in [0.2, 0.25) is 0 Å². The number of carbonyl (C=O) groups is 2. The third kappa shape index (κ3) is 2.87. The van der Waals surface area contributed by atoms with E-state index in [-0.39, 0.29) is 16.4 Å². The SMILES string of the molecule is O=C1N=C(c2ccccn2)N(NS(=O)(=O)c2ccccc2)C1=O. The fourth-order valence-corrected chi connectivity index (χ4v) is 2.94. The number of benzene rings is 1. The Kier molecular flexibility index (Phi) is 3.72. The number of hydrazine groups is 1. The zero-order chi connectivity index (χ0) is 16.4. The van der Waals surface area contributed by atoms with Crippen molar-refractivity contribution in [1.29, 1.82) is 0 Å². The summed E-state index contributed by atoms with van der Waals surface area (Å²) >= 11 is 0. The number of sulfonamides is 1. The molecule has 1 aliphatic heterocycles. The third-order valence-electron chi connectivity index (χ3n) is 2.96. The van der Waals surface area contributed by atoms with Gasteiger partial charge in [-0.25, -0.2) is 13.4 Å². The van der Waals surface area contributed by atoms with Crippen LogP contribution in [0.5, 0.6) is 0 Å². The lowest BCUT2D eigenvalue weighted by molar-refractivity contribution is -0.140. The smallest absolute Gasteiger partial charge is 0.261 e. The van der Waals surface area contributed by atoms with Crippen molar-refractivity contribution in [2.24, 2.45) is 4.99 Å². The van der Waals surface area contributed by atoms with E-state index in [1.807, 2.05) is 0 Å². The highest BCUT2D eigenvalue weighted by Crippen LogP contribution is 2.13. The van der Waals surface area contributed by atoms with Gasteiger partial charge in [0.15, 0.2) is 5.84 Å². The van der Waals surface area contributed by atoms with Gasteiger partial charge in [-0.3, -0.25) is 14.6 Å². The first kappa shape index (κ1) is 15.0. The lowest BCUT2D eigenvalue weighted by atomic mass is 10.3. The van der Waals surface area contributed by atoms with Crippen LogP contribution in [0.15, 0.2) is 64.6 Å². The molecule has 1 aliphatic rings. The van der Waals surface area contributed by atoms with E-state index in [1.165, 1.54) is 24.4 Å². The number of nitrogens with zero attached hydrogens (tertiary/aromatic N) is 3. The molecular formula is C14H10N4O4S. The number of hydrogen-bond acceptors (Lipinski definition) is 5. The van der Waals surface area contributed by atoms with Gasteiger partial charge in [-0.05, 0) is 24.3 Å². The van der Waals surface area contributed by atoms with E-state index < -0.39 is 21.8 Å². The molecule has 3 rings (SSSR count). The van der Waals surface area contributed by atoms with Crippen molar-refractivity contribution in [3.8, 4) is 0 Å². The lowest BCUT2D eigenvalue weighted by Crippen LogP contribution is -2.48. The Labute approximate surface area is 131 Å². The number of carbonyl (C=O) groups excluding carboxylic acids is 2. The number of aliphatic imine (C=N–C) groups is 1. The van der Waals surface area contributed by atoms with Crippen LogP contribution in [0.1, 0.15) is 5.69 Å². The summed E-state index contributed by atoms with van der Waals surface area (Å²) < 4.78 is 24.7. The molecular weight excluding hydrogens is 320 g/mol. The van der Waals surface area contributed by atoms with E-state index >= 15 is 0 Å². The van der Waals surface area contributed by atoms with Crippen LogP contribution in [-0.2, 0) is 19.6 Å². The number of aromatic nitrogens is 1. The van der Waals surface area contributed by atoms with Gasteiger partial charge in [0.25, 0.3) is 10.0 Å². The van der Waals surface area contributed by atoms with Gasteiger partial charge in [-0.15, -0.1) is 4.83 Å². The summed E-state index contributed by atoms with van der Waals surface area (Å²) in [7, 11) is -4.05. The highest BCUT2D eigenvalue weighted by molar-refractivity contribution is 7.89. The molecule has 0 unspecified atom stereocenters. The van der Waals surface area contributed by atoms with Crippen molar-refractivity contribution in [2.75, 3.05) is 0 Å². The van der Waals surface area contributed by atoms with Gasteiger partial charge >= 0.3 is 11.8 Å². The van der Waals surface area contributed by atoms with E-state index in [0.717, 1.165) is 0 Å². The number of hydrogen-bond donors (Lipinski definition) is 1. The molecule has 2 amide bonds. The topological polar surface area (TPSA) is 109 Å². The van der Waals surface area contributed by atoms with Crippen LogP contribution < -0.4 is 4.83 Å². The summed E-state index contributed by atoms with van der Waals surface area (Å²) in [5.41, 5.74) is 0.197. The molecule has 0 aliphatic carbocycles. The van der Waals surface area contributed by atoms with Crippen molar-refractivity contribution in [3.63, 3.8) is 0 Å². The molecule has 0 saturated carbocycles. The van der Waals surface area contributed by atoms with E-state index in [0.29, 0.717) is 5.01 Å². The van der Waals surface area contributed by atoms with Gasteiger partial charge in [0.05, 0.1) is 4.90 Å². The minimum absolute atomic E-state index is 0.0486. The Bertz CT molecular complexity index is 895. The summed E-state index contributed by atoms with van der Waals surface area (Å²) in [5.74, 6) is -2.33. The first-order valence-electron chi connectivity index (χ1n) is 6.45. The van der Waals surface area contributed by atoms with Crippen molar-refractivity contribution in [2.45, 2.75) is 4.90 Å². The number of nitrogens with one attached hydrogen (secondary N) is 1. The van der Waals surface area contributed by atoms with E-state index in [4.69, 9.17) is 0 Å². The molecule has 8 nitrogen and oxygen atoms in total. The fraction of sp³-hybridized carbons (Fsp3) is 0. The zero-order valence-electron chi connectivity index (χ0n) is 11.6. The maximum atomic E-state index is 12.3. The van der Waals surface area contributed by atoms with Crippen molar-refractivity contribution >= 4 is 27.7 Å². The second-order valence-electron chi connectivity index (χ2n) is 4.50. The minimum Gasteiger partial charge on any atom is -0.261 e. The molecule has 0 spiro atoms. The fourth-order valence-electron chi connectivity index (χ4n) is 1.91. The van der Waals surface area contributed by atoms with E-state index in [1.54, 1.807) is 30.3 Å². The van der Waals surface area contributed by atoms with Gasteiger partial charge in [0, 0.05) is 6.20 Å². The molecule has 0 bridgehead atoms. The number of rotatable bonds is 4. The first-order valence-corrected chi connectivity index (χ1v) is 7.93. The Morgan fingerprint density at radius 1 is 0.957 bits per heavy atom. The predicted octanol–water partition coefficient (Wildman–Crippen LogP) is 0.0905. The average molecular weight is 330 g/mol. The molecule has 0 saturated heterocycles. The number of pyridine rings is 1. The van der Waals surface area contributed by atoms with Crippen LogP contribution in [0.2, 0.25) is 0 Å². The van der Waals surface area contributed by atoms with Crippen LogP contribution in [0.25, 0.3) is 0 Å². The largest absolute Gasteiger partial charge is 0.339 e. The third-order valence-corrected chi connectivity index (χ3v) is 4.28. The van der Waals surface area contributed by atoms with Gasteiger partial charge < -0.3 is 0 Å². The van der Waals surface area contributed by atoms with Crippen molar-refractivity contribution in [1.82, 2.24) is 14.8 Å². The molecule has 23 heavy (non-hydrogen) atoms. The summed E-state index contributed by atoms with van der Waals surface area (Å²) in [6, 6.07) is 12.2. The normalized spacial score (nSPS) is 15.0. The Balaban J connectivity index is 1.96. The van der Waals surface area contributed by atoms with Crippen LogP contribution in [-0.4, -0.2) is 36.1 Å². The van der Waals surface area contributed by atoms with Crippen molar-refractivity contribution < 1.29 is 18.0 Å². The molecule has 2 aromatic rings. The van der Waals surface area contributed by atoms with Gasteiger partial charge in [0.1, 0.15) is 5.69 Å². The van der Waals surface area contributed by atoms with Crippen LogP contribution in [0, 0.1) is 0 Å². The summed E-state index contributed by atoms with van der Waals surface area (Å²) in [4.78, 5) is 33.0. The summed E-state index contributed by atoms with van der Waals surface area (Å²) in [6.45, 7) is 0. The predicted molar refractivity (Wildman–Crippen MR) is 79.4 cm³/mol. The molecule has 116 valence electrons. The molecule has 9 heteroatoms. The molecule has 2 heterocycles. The monoisotopic (exact) mass is 330 g/mol. The molecule has 1 N–H and O–H groups in total. The Morgan fingerprint density at radius 3 is 2.30 bits per heavy atom. The van der Waals surface area contributed by atoms with Crippen LogP contribution >= 0.6 is 0 Å². The van der Waals surface area contributed by atoms with Crippen molar-refractivity contribution in [3.05, 3.63) is 60.4 Å². The van der Waals surface area contributed by atoms with Crippen LogP contribution in [0.4, 0.5) is 0 Å². The Morgan fingerprint density at radius 2 is 1.65 bits per heavy atom. The second-order valence-corrected chi connectivity index (χ2v) is 6.16. The number of amidine groups is 1. The standard InChI is InChI=1S/C14H10N4O4S/c19-13-14(20)18(12(16-13)11-8-4-5-9-15-11)17-23(21,22)10-6-2-1-3-7-10/h1-9,17H. The molecule has 1 aromatic heterocycles. The highest BCUT2D eigenvalue weighted by Gasteiger charge is 2.37. The Hall–Kier alpha value is -2.91. The molecule has 0 atom stereocenters. The van der Waals surface area contributed by atoms with Gasteiger partial charge in [-0.1, -0.05) is 24.3 Å². The second kappa shape index (κ2) is 5.71. The number of amides is 2. The zero-order valence-corrected chi connectivity index (χ0v) is 12.4. The quantitative estimate of drug-likeness (QED) is 0.799. The highest BCUT2D eigenvalue weighted by atomic mass is 32.2. The maximum Gasteiger partial charge on any atom is 0.339 e. The lowest BCUT2D eigenvalue weighted by Gasteiger charge is -2.18. The summed E-state index contributed by atoms with van der Waals surface area (Å²) in [6.07, 6.45) is 1.44. The van der Waals surface area contributed by atoms with Crippen LogP contribution in [0.3, 0.4) is 0 Å². The molecule has 0 fully saturated rings. The van der Waals surface area contributed by atoms with Gasteiger partial charge in [-0.2, -0.15) is 4.99 Å². The first-order chi connectivity index (χ1) is 11.0. The van der Waals surface area contributed by atoms with E-state index in [9.17, 15) is 18.0 Å². The summed E-state index contributed by atoms with van der Waals surface area (Å²) in [5, 5.41) is 0.590.